The predicted molar refractivity (Wildman–Crippen MR) is 83.0 cm³/mol. The van der Waals surface area contributed by atoms with Crippen molar-refractivity contribution in [2.24, 2.45) is 5.41 Å². The first kappa shape index (κ1) is 17.4. The highest BCUT2D eigenvalue weighted by Crippen LogP contribution is 2.33. The summed E-state index contributed by atoms with van der Waals surface area (Å²) >= 11 is 3.78. The summed E-state index contributed by atoms with van der Waals surface area (Å²) in [6, 6.07) is 0.715. The summed E-state index contributed by atoms with van der Waals surface area (Å²) in [5.41, 5.74) is 0.489. The fourth-order valence-electron chi connectivity index (χ4n) is 2.79. The van der Waals surface area contributed by atoms with Gasteiger partial charge in [0.25, 0.3) is 0 Å². The van der Waals surface area contributed by atoms with Crippen molar-refractivity contribution in [1.82, 2.24) is 4.90 Å². The Hall–Kier alpha value is 0.440. The van der Waals surface area contributed by atoms with Gasteiger partial charge in [0.1, 0.15) is 0 Å². The molecule has 0 bridgehead atoms. The lowest BCUT2D eigenvalue weighted by atomic mass is 9.80. The number of rotatable bonds is 10. The van der Waals surface area contributed by atoms with E-state index in [0.29, 0.717) is 11.5 Å². The van der Waals surface area contributed by atoms with Crippen LogP contribution < -0.4 is 0 Å². The van der Waals surface area contributed by atoms with Crippen molar-refractivity contribution >= 4 is 15.9 Å². The molecule has 0 radical (unpaired) electrons. The third-order valence-corrected chi connectivity index (χ3v) is 5.19. The van der Waals surface area contributed by atoms with Gasteiger partial charge in [-0.3, -0.25) is 0 Å². The molecule has 0 saturated carbocycles. The highest BCUT2D eigenvalue weighted by Gasteiger charge is 2.30. The third-order valence-electron chi connectivity index (χ3n) is 4.00. The van der Waals surface area contributed by atoms with Gasteiger partial charge in [-0.25, -0.2) is 0 Å². The molecule has 0 amide bonds. The zero-order valence-corrected chi connectivity index (χ0v) is 14.1. The van der Waals surface area contributed by atoms with Gasteiger partial charge in [-0.2, -0.15) is 0 Å². The third kappa shape index (κ3) is 5.74. The number of halogens is 1. The minimum atomic E-state index is 0.489. The van der Waals surface area contributed by atoms with Crippen LogP contribution in [0.25, 0.3) is 0 Å². The van der Waals surface area contributed by atoms with E-state index in [1.807, 2.05) is 0 Å². The van der Waals surface area contributed by atoms with Gasteiger partial charge >= 0.3 is 0 Å². The van der Waals surface area contributed by atoms with Crippen molar-refractivity contribution < 1.29 is 0 Å². The van der Waals surface area contributed by atoms with Crippen LogP contribution in [0.1, 0.15) is 66.7 Å². The molecule has 0 aliphatic rings. The molecule has 0 rings (SSSR count). The molecule has 1 unspecified atom stereocenters. The fraction of sp³-hybridized carbons (Fsp3) is 1.00. The van der Waals surface area contributed by atoms with E-state index in [1.54, 1.807) is 0 Å². The summed E-state index contributed by atoms with van der Waals surface area (Å²) in [5, 5.41) is 1.15. The van der Waals surface area contributed by atoms with Gasteiger partial charge in [-0.05, 0) is 38.1 Å². The molecule has 0 aliphatic heterocycles. The summed E-state index contributed by atoms with van der Waals surface area (Å²) in [7, 11) is 0. The molecule has 0 fully saturated rings. The SMILES string of the molecule is CCCC(CBr)(CCC)CN(CC)C(C)CC. The number of nitrogens with zero attached hydrogens (tertiary/aromatic N) is 1. The summed E-state index contributed by atoms with van der Waals surface area (Å²) in [4.78, 5) is 2.66. The lowest BCUT2D eigenvalue weighted by Crippen LogP contribution is -2.43. The molecule has 17 heavy (non-hydrogen) atoms. The van der Waals surface area contributed by atoms with Crippen LogP contribution in [0.5, 0.6) is 0 Å². The lowest BCUT2D eigenvalue weighted by molar-refractivity contribution is 0.117. The topological polar surface area (TPSA) is 3.24 Å². The summed E-state index contributed by atoms with van der Waals surface area (Å²) in [6.45, 7) is 14.0. The second-order valence-corrected chi connectivity index (χ2v) is 6.01. The Labute approximate surface area is 117 Å². The minimum absolute atomic E-state index is 0.489. The normalized spacial score (nSPS) is 14.3. The Morgan fingerprint density at radius 3 is 1.88 bits per heavy atom. The average Bonchev–Trinajstić information content (AvgIpc) is 2.35. The zero-order valence-electron chi connectivity index (χ0n) is 12.6. The maximum atomic E-state index is 3.78. The maximum Gasteiger partial charge on any atom is 0.0100 e. The quantitative estimate of drug-likeness (QED) is 0.508. The van der Waals surface area contributed by atoms with E-state index in [0.717, 1.165) is 5.33 Å². The van der Waals surface area contributed by atoms with Crippen LogP contribution in [0.2, 0.25) is 0 Å². The van der Waals surface area contributed by atoms with Crippen molar-refractivity contribution in [3.05, 3.63) is 0 Å². The highest BCUT2D eigenvalue weighted by atomic mass is 79.9. The number of alkyl halides is 1. The molecule has 104 valence electrons. The van der Waals surface area contributed by atoms with Gasteiger partial charge in [0.2, 0.25) is 0 Å². The average molecular weight is 306 g/mol. The zero-order chi connectivity index (χ0) is 13.3. The van der Waals surface area contributed by atoms with Crippen molar-refractivity contribution in [1.29, 1.82) is 0 Å². The van der Waals surface area contributed by atoms with Crippen LogP contribution in [-0.4, -0.2) is 29.4 Å². The molecule has 0 aliphatic carbocycles. The van der Waals surface area contributed by atoms with E-state index in [9.17, 15) is 0 Å². The van der Waals surface area contributed by atoms with Crippen molar-refractivity contribution in [3.63, 3.8) is 0 Å². The second kappa shape index (κ2) is 9.38. The molecule has 1 atom stereocenters. The predicted octanol–water partition coefficient (Wildman–Crippen LogP) is 5.09. The highest BCUT2D eigenvalue weighted by molar-refractivity contribution is 9.09. The van der Waals surface area contributed by atoms with E-state index in [2.05, 4.69) is 55.4 Å². The number of hydrogen-bond acceptors (Lipinski definition) is 1. The summed E-state index contributed by atoms with van der Waals surface area (Å²) in [6.07, 6.45) is 6.54. The summed E-state index contributed by atoms with van der Waals surface area (Å²) in [5.74, 6) is 0. The largest absolute Gasteiger partial charge is 0.300 e. The molecular weight excluding hydrogens is 274 g/mol. The molecule has 0 spiro atoms. The maximum absolute atomic E-state index is 3.78. The first-order chi connectivity index (χ1) is 8.09. The second-order valence-electron chi connectivity index (χ2n) is 5.45. The van der Waals surface area contributed by atoms with E-state index in [1.165, 1.54) is 45.2 Å². The Bertz CT molecular complexity index is 176. The van der Waals surface area contributed by atoms with Gasteiger partial charge in [0.15, 0.2) is 0 Å². The van der Waals surface area contributed by atoms with Gasteiger partial charge in [-0.1, -0.05) is 56.5 Å². The van der Waals surface area contributed by atoms with E-state index in [-0.39, 0.29) is 0 Å². The Balaban J connectivity index is 4.67. The van der Waals surface area contributed by atoms with Crippen LogP contribution >= 0.6 is 15.9 Å². The van der Waals surface area contributed by atoms with Gasteiger partial charge < -0.3 is 4.90 Å². The van der Waals surface area contributed by atoms with Gasteiger partial charge in [-0.15, -0.1) is 0 Å². The van der Waals surface area contributed by atoms with Crippen LogP contribution in [0.3, 0.4) is 0 Å². The van der Waals surface area contributed by atoms with E-state index < -0.39 is 0 Å². The lowest BCUT2D eigenvalue weighted by Gasteiger charge is -2.39. The molecule has 0 saturated heterocycles. The van der Waals surface area contributed by atoms with E-state index in [4.69, 9.17) is 0 Å². The van der Waals surface area contributed by atoms with E-state index >= 15 is 0 Å². The standard InChI is InChI=1S/C15H32BrN/c1-6-10-15(12-16,11-7-2)13-17(9-4)14(5)8-3/h14H,6-13H2,1-5H3. The van der Waals surface area contributed by atoms with Gasteiger partial charge in [0.05, 0.1) is 0 Å². The summed E-state index contributed by atoms with van der Waals surface area (Å²) < 4.78 is 0. The first-order valence-electron chi connectivity index (χ1n) is 7.39. The van der Waals surface area contributed by atoms with Crippen LogP contribution in [0.4, 0.5) is 0 Å². The minimum Gasteiger partial charge on any atom is -0.300 e. The van der Waals surface area contributed by atoms with Crippen molar-refractivity contribution in [3.8, 4) is 0 Å². The Morgan fingerprint density at radius 1 is 1.06 bits per heavy atom. The smallest absolute Gasteiger partial charge is 0.0100 e. The van der Waals surface area contributed by atoms with Crippen LogP contribution in [0.15, 0.2) is 0 Å². The molecule has 2 heteroatoms. The molecule has 0 aromatic heterocycles. The molecule has 0 heterocycles. The molecular formula is C15H32BrN. The Kier molecular flexibility index (Phi) is 9.62. The molecule has 0 N–H and O–H groups in total. The molecule has 0 aromatic rings. The van der Waals surface area contributed by atoms with Crippen LogP contribution in [0, 0.1) is 5.41 Å². The number of hydrogen-bond donors (Lipinski definition) is 0. The van der Waals surface area contributed by atoms with Crippen molar-refractivity contribution in [2.45, 2.75) is 72.8 Å². The molecule has 0 aromatic carbocycles. The first-order valence-corrected chi connectivity index (χ1v) is 8.51. The Morgan fingerprint density at radius 2 is 1.59 bits per heavy atom. The van der Waals surface area contributed by atoms with Crippen LogP contribution in [-0.2, 0) is 0 Å². The fourth-order valence-corrected chi connectivity index (χ4v) is 3.53. The van der Waals surface area contributed by atoms with Gasteiger partial charge in [0, 0.05) is 17.9 Å². The monoisotopic (exact) mass is 305 g/mol. The molecule has 1 nitrogen and oxygen atoms in total. The van der Waals surface area contributed by atoms with Crippen molar-refractivity contribution in [2.75, 3.05) is 18.4 Å².